The zero-order valence-corrected chi connectivity index (χ0v) is 19.1. The average Bonchev–Trinajstić information content (AvgIpc) is 3.23. The smallest absolute Gasteiger partial charge is 0.346 e. The van der Waals surface area contributed by atoms with Crippen molar-refractivity contribution in [1.29, 1.82) is 0 Å². The number of carbonyl (C=O) groups is 2. The number of methoxy groups -OCH3 is 1. The van der Waals surface area contributed by atoms with Gasteiger partial charge in [0.1, 0.15) is 5.82 Å². The summed E-state index contributed by atoms with van der Waals surface area (Å²) < 4.78 is 24.4. The van der Waals surface area contributed by atoms with Crippen LogP contribution >= 0.6 is 11.3 Å². The van der Waals surface area contributed by atoms with Crippen molar-refractivity contribution in [3.05, 3.63) is 80.8 Å². The Labute approximate surface area is 195 Å². The molecule has 0 bridgehead atoms. The van der Waals surface area contributed by atoms with Crippen LogP contribution in [0.1, 0.15) is 49.4 Å². The Morgan fingerprint density at radius 1 is 1.18 bits per heavy atom. The van der Waals surface area contributed by atoms with E-state index < -0.39 is 11.8 Å². The number of hydrazone groups is 1. The quantitative estimate of drug-likeness (QED) is 0.240. The Bertz CT molecular complexity index is 1220. The fourth-order valence-corrected chi connectivity index (χ4v) is 4.77. The van der Waals surface area contributed by atoms with Crippen molar-refractivity contribution in [2.24, 2.45) is 11.0 Å². The SMILES string of the molecule is COc1cc(/C=N\NC(=O)c2cc3c(s2)CC[C@H](C)C3)ccc1OC(=O)c1ccccc1F. The molecule has 170 valence electrons. The third kappa shape index (κ3) is 5.28. The number of rotatable bonds is 6. The van der Waals surface area contributed by atoms with E-state index in [0.717, 1.165) is 19.3 Å². The normalized spacial score (nSPS) is 15.2. The first-order valence-electron chi connectivity index (χ1n) is 10.5. The van der Waals surface area contributed by atoms with Crippen molar-refractivity contribution in [2.45, 2.75) is 26.2 Å². The molecule has 2 aromatic carbocycles. The Morgan fingerprint density at radius 2 is 2.00 bits per heavy atom. The van der Waals surface area contributed by atoms with Gasteiger partial charge in [-0.25, -0.2) is 14.6 Å². The van der Waals surface area contributed by atoms with Gasteiger partial charge in [-0.1, -0.05) is 19.1 Å². The summed E-state index contributed by atoms with van der Waals surface area (Å²) in [6.45, 7) is 2.23. The monoisotopic (exact) mass is 466 g/mol. The average molecular weight is 467 g/mol. The Balaban J connectivity index is 1.41. The lowest BCUT2D eigenvalue weighted by Gasteiger charge is -2.16. The fourth-order valence-electron chi connectivity index (χ4n) is 3.67. The molecule has 0 saturated carbocycles. The number of benzene rings is 2. The van der Waals surface area contributed by atoms with Gasteiger partial charge in [0.15, 0.2) is 11.5 Å². The predicted octanol–water partition coefficient (Wildman–Crippen LogP) is 5.00. The summed E-state index contributed by atoms with van der Waals surface area (Å²) in [6.07, 6.45) is 4.65. The summed E-state index contributed by atoms with van der Waals surface area (Å²) in [4.78, 5) is 26.7. The van der Waals surface area contributed by atoms with E-state index in [9.17, 15) is 14.0 Å². The topological polar surface area (TPSA) is 77.0 Å². The summed E-state index contributed by atoms with van der Waals surface area (Å²) in [5.41, 5.74) is 4.27. The Hall–Kier alpha value is -3.52. The van der Waals surface area contributed by atoms with E-state index in [1.165, 1.54) is 59.4 Å². The number of hydrogen-bond donors (Lipinski definition) is 1. The number of carbonyl (C=O) groups excluding carboxylic acids is 2. The second kappa shape index (κ2) is 9.95. The van der Waals surface area contributed by atoms with Crippen LogP contribution < -0.4 is 14.9 Å². The molecule has 1 heterocycles. The molecule has 0 spiro atoms. The summed E-state index contributed by atoms with van der Waals surface area (Å²) in [5, 5.41) is 4.03. The predicted molar refractivity (Wildman–Crippen MR) is 125 cm³/mol. The summed E-state index contributed by atoms with van der Waals surface area (Å²) in [5.74, 6) is -0.679. The minimum atomic E-state index is -0.826. The molecular weight excluding hydrogens is 443 g/mol. The zero-order chi connectivity index (χ0) is 23.4. The van der Waals surface area contributed by atoms with E-state index in [4.69, 9.17) is 9.47 Å². The first-order chi connectivity index (χ1) is 15.9. The largest absolute Gasteiger partial charge is 0.493 e. The van der Waals surface area contributed by atoms with Crippen LogP contribution in [0.2, 0.25) is 0 Å². The molecule has 1 amide bonds. The molecular formula is C25H23FN2O4S. The lowest BCUT2D eigenvalue weighted by Crippen LogP contribution is -2.16. The Kier molecular flexibility index (Phi) is 6.84. The maximum Gasteiger partial charge on any atom is 0.346 e. The summed E-state index contributed by atoms with van der Waals surface area (Å²) >= 11 is 1.52. The van der Waals surface area contributed by atoms with Crippen LogP contribution in [0.4, 0.5) is 4.39 Å². The fraction of sp³-hybridized carbons (Fsp3) is 0.240. The molecule has 1 aromatic heterocycles. The van der Waals surface area contributed by atoms with Gasteiger partial charge in [0.05, 0.1) is 23.8 Å². The van der Waals surface area contributed by atoms with Gasteiger partial charge in [0.25, 0.3) is 5.91 Å². The van der Waals surface area contributed by atoms with E-state index >= 15 is 0 Å². The van der Waals surface area contributed by atoms with Gasteiger partial charge in [-0.2, -0.15) is 5.10 Å². The summed E-state index contributed by atoms with van der Waals surface area (Å²) in [6, 6.07) is 12.3. The number of thiophene rings is 1. The minimum absolute atomic E-state index is 0.144. The third-order valence-corrected chi connectivity index (χ3v) is 6.65. The van der Waals surface area contributed by atoms with Crippen LogP contribution in [-0.2, 0) is 12.8 Å². The standard InChI is InChI=1S/C25H23FN2O4S/c1-15-7-10-22-17(11-15)13-23(33-22)24(29)28-27-14-16-8-9-20(21(12-16)31-2)32-25(30)18-5-3-4-6-19(18)26/h3-6,8-9,12-15H,7,10-11H2,1-2H3,(H,28,29)/b27-14-/t15-/m0/s1. The highest BCUT2D eigenvalue weighted by molar-refractivity contribution is 7.14. The maximum atomic E-state index is 13.8. The van der Waals surface area contributed by atoms with Gasteiger partial charge in [0.2, 0.25) is 0 Å². The van der Waals surface area contributed by atoms with Gasteiger partial charge in [-0.05, 0) is 72.7 Å². The number of aryl methyl sites for hydroxylation is 1. The van der Waals surface area contributed by atoms with Crippen LogP contribution in [0, 0.1) is 11.7 Å². The van der Waals surface area contributed by atoms with Crippen LogP contribution in [0.3, 0.4) is 0 Å². The van der Waals surface area contributed by atoms with Crippen molar-refractivity contribution >= 4 is 29.4 Å². The second-order valence-electron chi connectivity index (χ2n) is 7.89. The van der Waals surface area contributed by atoms with Gasteiger partial charge in [0, 0.05) is 4.88 Å². The van der Waals surface area contributed by atoms with E-state index in [1.807, 2.05) is 6.07 Å². The third-order valence-electron chi connectivity index (χ3n) is 5.42. The highest BCUT2D eigenvalue weighted by atomic mass is 32.1. The number of amides is 1. The number of nitrogens with zero attached hydrogens (tertiary/aromatic N) is 1. The molecule has 0 fully saturated rings. The van der Waals surface area contributed by atoms with Crippen LogP contribution in [0.25, 0.3) is 0 Å². The van der Waals surface area contributed by atoms with E-state index in [1.54, 1.807) is 18.2 Å². The van der Waals surface area contributed by atoms with Gasteiger partial charge < -0.3 is 9.47 Å². The molecule has 1 aliphatic carbocycles. The first kappa shape index (κ1) is 22.7. The number of hydrogen-bond acceptors (Lipinski definition) is 6. The number of ether oxygens (including phenoxy) is 2. The molecule has 0 saturated heterocycles. The first-order valence-corrected chi connectivity index (χ1v) is 11.4. The molecule has 33 heavy (non-hydrogen) atoms. The van der Waals surface area contributed by atoms with Gasteiger partial charge in [-0.3, -0.25) is 4.79 Å². The van der Waals surface area contributed by atoms with E-state index in [0.29, 0.717) is 16.4 Å². The van der Waals surface area contributed by atoms with Gasteiger partial charge >= 0.3 is 5.97 Å². The lowest BCUT2D eigenvalue weighted by molar-refractivity contribution is 0.0724. The second-order valence-corrected chi connectivity index (χ2v) is 9.02. The molecule has 3 aromatic rings. The van der Waals surface area contributed by atoms with Crippen LogP contribution in [0.5, 0.6) is 11.5 Å². The van der Waals surface area contributed by atoms with E-state index in [2.05, 4.69) is 17.5 Å². The highest BCUT2D eigenvalue weighted by Crippen LogP contribution is 2.32. The maximum absolute atomic E-state index is 13.8. The molecule has 1 N–H and O–H groups in total. The van der Waals surface area contributed by atoms with E-state index in [-0.39, 0.29) is 23.0 Å². The van der Waals surface area contributed by atoms with Crippen molar-refractivity contribution in [1.82, 2.24) is 5.43 Å². The zero-order valence-electron chi connectivity index (χ0n) is 18.3. The van der Waals surface area contributed by atoms with Crippen molar-refractivity contribution in [2.75, 3.05) is 7.11 Å². The molecule has 8 heteroatoms. The molecule has 6 nitrogen and oxygen atoms in total. The van der Waals surface area contributed by atoms with Crippen molar-refractivity contribution in [3.8, 4) is 11.5 Å². The number of fused-ring (bicyclic) bond motifs is 1. The molecule has 0 unspecified atom stereocenters. The molecule has 4 rings (SSSR count). The Morgan fingerprint density at radius 3 is 2.79 bits per heavy atom. The van der Waals surface area contributed by atoms with Crippen LogP contribution in [0.15, 0.2) is 53.6 Å². The molecule has 1 aliphatic rings. The van der Waals surface area contributed by atoms with Gasteiger partial charge in [-0.15, -0.1) is 11.3 Å². The van der Waals surface area contributed by atoms with Crippen molar-refractivity contribution in [3.63, 3.8) is 0 Å². The lowest BCUT2D eigenvalue weighted by atomic mass is 9.90. The molecule has 1 atom stereocenters. The highest BCUT2D eigenvalue weighted by Gasteiger charge is 2.20. The summed E-state index contributed by atoms with van der Waals surface area (Å²) in [7, 11) is 1.43. The van der Waals surface area contributed by atoms with Crippen molar-refractivity contribution < 1.29 is 23.5 Å². The number of nitrogens with one attached hydrogen (secondary N) is 1. The number of halogens is 1. The molecule has 0 aliphatic heterocycles. The minimum Gasteiger partial charge on any atom is -0.493 e. The van der Waals surface area contributed by atoms with Crippen LogP contribution in [-0.4, -0.2) is 25.2 Å². The number of esters is 1. The molecule has 0 radical (unpaired) electrons.